The van der Waals surface area contributed by atoms with Gasteiger partial charge in [0.25, 0.3) is 0 Å². The Morgan fingerprint density at radius 3 is 2.41 bits per heavy atom. The highest BCUT2D eigenvalue weighted by Gasteiger charge is 2.59. The van der Waals surface area contributed by atoms with E-state index >= 15 is 0 Å². The summed E-state index contributed by atoms with van der Waals surface area (Å²) >= 11 is 6.61. The quantitative estimate of drug-likeness (QED) is 0.124. The minimum absolute atomic E-state index is 0.211. The molecule has 1 aliphatic rings. The number of ether oxygens (including phenoxy) is 1. The third-order valence-corrected chi connectivity index (χ3v) is 8.72. The van der Waals surface area contributed by atoms with Crippen molar-refractivity contribution < 1.29 is 56.3 Å². The van der Waals surface area contributed by atoms with E-state index in [1.807, 2.05) is 0 Å². The molecule has 7 atom stereocenters. The van der Waals surface area contributed by atoms with Gasteiger partial charge < -0.3 is 35.2 Å². The highest BCUT2D eigenvalue weighted by molar-refractivity contribution is 7.66. The first-order valence-corrected chi connectivity index (χ1v) is 13.8. The topological polar surface area (TPSA) is 263 Å². The van der Waals surface area contributed by atoms with Crippen molar-refractivity contribution in [1.82, 2.24) is 14.8 Å². The van der Waals surface area contributed by atoms with Crippen LogP contribution in [0.25, 0.3) is 0 Å². The van der Waals surface area contributed by atoms with Crippen molar-refractivity contribution in [2.45, 2.75) is 37.2 Å². The number of nitrogens with zero attached hydrogens (tertiary/aromatic N) is 3. The Morgan fingerprint density at radius 1 is 1.29 bits per heavy atom. The second kappa shape index (κ2) is 10.4. The van der Waals surface area contributed by atoms with Crippen LogP contribution in [0.1, 0.15) is 20.1 Å². The molecule has 34 heavy (non-hydrogen) atoms. The first-order valence-electron chi connectivity index (χ1n) is 8.87. The van der Waals surface area contributed by atoms with Crippen LogP contribution in [0.2, 0.25) is 0 Å². The average molecular weight is 569 g/mol. The van der Waals surface area contributed by atoms with Crippen LogP contribution >= 0.6 is 35.1 Å². The fraction of sp³-hybridized carbons (Fsp3) is 0.615. The predicted octanol–water partition coefficient (Wildman–Crippen LogP) is -0.541. The van der Waals surface area contributed by atoms with Gasteiger partial charge in [0.15, 0.2) is 11.1 Å². The lowest BCUT2D eigenvalue weighted by Gasteiger charge is -2.28. The molecule has 0 radical (unpaired) electrons. The molecule has 1 aliphatic heterocycles. The van der Waals surface area contributed by atoms with E-state index in [-0.39, 0.29) is 5.82 Å². The van der Waals surface area contributed by atoms with Crippen LogP contribution in [0.5, 0.6) is 0 Å². The molecule has 4 unspecified atom stereocenters. The van der Waals surface area contributed by atoms with Crippen molar-refractivity contribution in [3.63, 3.8) is 0 Å². The molecule has 2 heterocycles. The largest absolute Gasteiger partial charge is 0.490 e. The van der Waals surface area contributed by atoms with Crippen LogP contribution < -0.4 is 11.4 Å². The van der Waals surface area contributed by atoms with Crippen LogP contribution in [-0.2, 0) is 31.6 Å². The Bertz CT molecular complexity index is 1180. The Morgan fingerprint density at radius 2 is 1.91 bits per heavy atom. The van der Waals surface area contributed by atoms with Gasteiger partial charge in [-0.2, -0.15) is 23.4 Å². The number of aliphatic hydroxyl groups excluding tert-OH is 1. The van der Waals surface area contributed by atoms with Gasteiger partial charge in [0, 0.05) is 5.92 Å². The average Bonchev–Trinajstić information content (AvgIpc) is 2.90. The highest BCUT2D eigenvalue weighted by atomic mass is 35.5. The van der Waals surface area contributed by atoms with E-state index in [0.29, 0.717) is 4.68 Å². The normalized spacial score (nSPS) is 29.5. The number of nitrogens with two attached hydrogens (primary N) is 1. The van der Waals surface area contributed by atoms with Crippen LogP contribution in [0, 0.1) is 17.8 Å². The maximum atomic E-state index is 12.3. The summed E-state index contributed by atoms with van der Waals surface area (Å²) in [7, 11) is -16.9. The molecule has 0 saturated carbocycles. The number of hydrogen-bond donors (Lipinski definition) is 6. The van der Waals surface area contributed by atoms with Crippen molar-refractivity contribution in [3.05, 3.63) is 16.7 Å². The fourth-order valence-corrected chi connectivity index (χ4v) is 6.74. The lowest BCUT2D eigenvalue weighted by atomic mass is 9.87. The van der Waals surface area contributed by atoms with Crippen molar-refractivity contribution in [2.24, 2.45) is 5.92 Å². The van der Waals surface area contributed by atoms with Gasteiger partial charge in [-0.25, -0.2) is 18.5 Å². The van der Waals surface area contributed by atoms with Crippen LogP contribution in [0.15, 0.2) is 11.0 Å². The molecule has 1 aromatic heterocycles. The van der Waals surface area contributed by atoms with Crippen molar-refractivity contribution >= 4 is 40.9 Å². The lowest BCUT2D eigenvalue weighted by Crippen LogP contribution is -2.43. The Balaban J connectivity index is 2.37. The molecular formula is C13H20ClN4O13P3. The van der Waals surface area contributed by atoms with Gasteiger partial charge in [-0.1, -0.05) is 17.5 Å². The van der Waals surface area contributed by atoms with E-state index in [4.69, 9.17) is 36.4 Å². The monoisotopic (exact) mass is 568 g/mol. The number of rotatable bonds is 9. The summed E-state index contributed by atoms with van der Waals surface area (Å²) in [5, 5.41) is 13.7. The molecule has 2 rings (SSSR count). The standard InChI is InChI=1S/C13H20ClN4O13P3/c1-3-4-13(14)8(6-19)10(28-11(13)18-12(20)17-9(15)5-16-18)7(2)29-33(24,25)31-34(26,27)30-32(21,22)23/h5,7-8,10-11,19H,6H2,1-2H3,(H,24,25)(H,26,27)(H2,15,17,20)(H2,21,22,23)/t7-,8?,10-,11-,13?/m1/s1. The second-order valence-corrected chi connectivity index (χ2v) is 11.7. The van der Waals surface area contributed by atoms with Gasteiger partial charge in [0.2, 0.25) is 0 Å². The zero-order valence-electron chi connectivity index (χ0n) is 17.2. The molecule has 7 N–H and O–H groups in total. The van der Waals surface area contributed by atoms with E-state index in [9.17, 15) is 33.4 Å². The summed E-state index contributed by atoms with van der Waals surface area (Å²) in [6.45, 7) is 1.76. The summed E-state index contributed by atoms with van der Waals surface area (Å²) in [4.78, 5) is 50.2. The SMILES string of the molecule is CC#CC1(Cl)C(CO)[C@@H]([C@@H](C)OP(=O)(O)OP(=O)(O)OP(=O)(O)O)O[C@H]1n1ncc(N)nc1=O. The van der Waals surface area contributed by atoms with E-state index in [0.717, 1.165) is 13.1 Å². The van der Waals surface area contributed by atoms with Gasteiger partial charge in [-0.15, -0.1) is 5.92 Å². The van der Waals surface area contributed by atoms with Crippen LogP contribution in [0.3, 0.4) is 0 Å². The molecule has 0 aromatic carbocycles. The molecule has 0 bridgehead atoms. The predicted molar refractivity (Wildman–Crippen MR) is 112 cm³/mol. The number of nitrogen functional groups attached to an aromatic ring is 1. The van der Waals surface area contributed by atoms with Gasteiger partial charge in [-0.3, -0.25) is 4.52 Å². The molecule has 0 spiro atoms. The smallest absolute Gasteiger partial charge is 0.396 e. The third-order valence-electron chi connectivity index (χ3n) is 4.23. The van der Waals surface area contributed by atoms with Gasteiger partial charge in [0.05, 0.1) is 25.0 Å². The zero-order valence-corrected chi connectivity index (χ0v) is 20.7. The number of alkyl halides is 1. The minimum Gasteiger partial charge on any atom is -0.396 e. The third kappa shape index (κ3) is 6.93. The number of anilines is 1. The van der Waals surface area contributed by atoms with Gasteiger partial charge in [-0.05, 0) is 13.8 Å². The molecule has 1 fully saturated rings. The molecule has 1 saturated heterocycles. The maximum Gasteiger partial charge on any atom is 0.490 e. The summed E-state index contributed by atoms with van der Waals surface area (Å²) in [5.74, 6) is 3.68. The summed E-state index contributed by atoms with van der Waals surface area (Å²) in [6, 6.07) is 0. The first-order chi connectivity index (χ1) is 15.4. The van der Waals surface area contributed by atoms with E-state index in [2.05, 4.69) is 30.5 Å². The number of phosphoric ester groups is 1. The van der Waals surface area contributed by atoms with E-state index < -0.39 is 65.0 Å². The Labute approximate surface area is 196 Å². The van der Waals surface area contributed by atoms with E-state index in [1.54, 1.807) is 0 Å². The zero-order chi connectivity index (χ0) is 26.1. The maximum absolute atomic E-state index is 12.3. The molecule has 21 heteroatoms. The van der Waals surface area contributed by atoms with Gasteiger partial charge >= 0.3 is 29.2 Å². The fourth-order valence-electron chi connectivity index (χ4n) is 3.11. The first kappa shape index (κ1) is 29.0. The second-order valence-electron chi connectivity index (χ2n) is 6.70. The summed E-state index contributed by atoms with van der Waals surface area (Å²) in [5.41, 5.74) is 4.42. The van der Waals surface area contributed by atoms with Crippen LogP contribution in [0.4, 0.5) is 5.82 Å². The summed E-state index contributed by atoms with van der Waals surface area (Å²) in [6.07, 6.45) is -3.49. The summed E-state index contributed by atoms with van der Waals surface area (Å²) < 4.78 is 52.9. The lowest BCUT2D eigenvalue weighted by molar-refractivity contribution is -0.0709. The molecule has 17 nitrogen and oxygen atoms in total. The molecular weight excluding hydrogens is 549 g/mol. The molecule has 1 aromatic rings. The number of aromatic nitrogens is 3. The number of phosphoric acid groups is 3. The number of halogens is 1. The van der Waals surface area contributed by atoms with Crippen molar-refractivity contribution in [2.75, 3.05) is 12.3 Å². The highest BCUT2D eigenvalue weighted by Crippen LogP contribution is 2.67. The van der Waals surface area contributed by atoms with Crippen molar-refractivity contribution in [3.8, 4) is 11.8 Å². The Kier molecular flexibility index (Phi) is 8.89. The molecule has 0 aliphatic carbocycles. The van der Waals surface area contributed by atoms with Gasteiger partial charge in [0.1, 0.15) is 5.82 Å². The molecule has 192 valence electrons. The van der Waals surface area contributed by atoms with E-state index in [1.165, 1.54) is 6.92 Å². The number of hydrogen-bond acceptors (Lipinski definition) is 12. The van der Waals surface area contributed by atoms with Crippen LogP contribution in [-0.4, -0.2) is 63.1 Å². The molecule has 0 amide bonds. The minimum atomic E-state index is -5.77. The van der Waals surface area contributed by atoms with Crippen molar-refractivity contribution in [1.29, 1.82) is 0 Å². The number of aliphatic hydroxyl groups is 1. The Hall–Kier alpha value is -1.21.